The summed E-state index contributed by atoms with van der Waals surface area (Å²) < 4.78 is 0. The van der Waals surface area contributed by atoms with Crippen LogP contribution in [0.2, 0.25) is 0 Å². The number of fused-ring (bicyclic) bond motifs is 2. The molecule has 112 valence electrons. The summed E-state index contributed by atoms with van der Waals surface area (Å²) >= 11 is 13.5. The van der Waals surface area contributed by atoms with Crippen molar-refractivity contribution in [2.75, 3.05) is 0 Å². The first-order valence-corrected chi connectivity index (χ1v) is 9.15. The van der Waals surface area contributed by atoms with E-state index < -0.39 is 0 Å². The summed E-state index contributed by atoms with van der Waals surface area (Å²) in [4.78, 5) is 0. The van der Waals surface area contributed by atoms with Crippen molar-refractivity contribution in [2.45, 2.75) is 48.3 Å². The Labute approximate surface area is 141 Å². The monoisotopic (exact) mass is 328 g/mol. The molecule has 2 aromatic carbocycles. The average molecular weight is 329 g/mol. The van der Waals surface area contributed by atoms with E-state index in [1.807, 2.05) is 0 Å². The quantitative estimate of drug-likeness (QED) is 0.570. The molecule has 0 spiro atoms. The number of alkyl halides is 2. The van der Waals surface area contributed by atoms with Crippen molar-refractivity contribution in [3.05, 3.63) is 69.8 Å². The first-order chi connectivity index (χ1) is 10.8. The van der Waals surface area contributed by atoms with Crippen molar-refractivity contribution in [2.24, 2.45) is 0 Å². The molecule has 0 heterocycles. The van der Waals surface area contributed by atoms with Crippen LogP contribution in [0.15, 0.2) is 36.4 Å². The molecule has 2 aromatic rings. The van der Waals surface area contributed by atoms with E-state index >= 15 is 0 Å². The van der Waals surface area contributed by atoms with Crippen LogP contribution in [0, 0.1) is 0 Å². The summed E-state index contributed by atoms with van der Waals surface area (Å²) in [6.07, 6.45) is 5.08. The molecule has 0 aromatic heterocycles. The van der Waals surface area contributed by atoms with Crippen molar-refractivity contribution in [3.63, 3.8) is 0 Å². The van der Waals surface area contributed by atoms with Gasteiger partial charge in [-0.2, -0.15) is 0 Å². The lowest BCUT2D eigenvalue weighted by Gasteiger charge is -2.47. The standard InChI is InChI=1S/C20H18Cl2/c21-19-17-13-7-3-4-8-14(13)18(20(19)22)16-10-12-6-2-1-5-11(12)9-15(16)17/h3-4,7-10,17-20H,1-2,5-6H2. The lowest BCUT2D eigenvalue weighted by molar-refractivity contribution is 0.531. The zero-order chi connectivity index (χ0) is 14.8. The normalized spacial score (nSPS) is 31.4. The Morgan fingerprint density at radius 2 is 1.14 bits per heavy atom. The fourth-order valence-corrected chi connectivity index (χ4v) is 5.66. The maximum atomic E-state index is 6.77. The van der Waals surface area contributed by atoms with Gasteiger partial charge < -0.3 is 0 Å². The van der Waals surface area contributed by atoms with Crippen LogP contribution in [0.1, 0.15) is 58.1 Å². The van der Waals surface area contributed by atoms with E-state index in [1.54, 1.807) is 11.1 Å². The number of benzene rings is 2. The highest BCUT2D eigenvalue weighted by molar-refractivity contribution is 6.31. The minimum absolute atomic E-state index is 0.00397. The zero-order valence-corrected chi connectivity index (χ0v) is 13.9. The highest BCUT2D eigenvalue weighted by Crippen LogP contribution is 2.56. The van der Waals surface area contributed by atoms with Gasteiger partial charge in [0, 0.05) is 11.8 Å². The fourth-order valence-electron chi connectivity index (χ4n) is 4.83. The average Bonchev–Trinajstić information content (AvgIpc) is 2.56. The summed E-state index contributed by atoms with van der Waals surface area (Å²) in [6, 6.07) is 13.7. The Hall–Kier alpha value is -0.980. The summed E-state index contributed by atoms with van der Waals surface area (Å²) in [5.74, 6) is 0.514. The van der Waals surface area contributed by atoms with Crippen LogP contribution in [-0.4, -0.2) is 10.8 Å². The van der Waals surface area contributed by atoms with E-state index in [0.29, 0.717) is 0 Å². The molecule has 0 saturated heterocycles. The lowest BCUT2D eigenvalue weighted by atomic mass is 9.62. The van der Waals surface area contributed by atoms with Gasteiger partial charge >= 0.3 is 0 Å². The van der Waals surface area contributed by atoms with Crippen molar-refractivity contribution in [1.29, 1.82) is 0 Å². The molecule has 0 N–H and O–H groups in total. The summed E-state index contributed by atoms with van der Waals surface area (Å²) in [5.41, 5.74) is 8.78. The van der Waals surface area contributed by atoms with E-state index in [1.165, 1.54) is 47.9 Å². The fraction of sp³-hybridized carbons (Fsp3) is 0.400. The minimum atomic E-state index is -0.00397. The molecule has 4 unspecified atom stereocenters. The molecule has 0 saturated carbocycles. The Kier molecular flexibility index (Phi) is 2.91. The van der Waals surface area contributed by atoms with Gasteiger partial charge in [0.05, 0.1) is 10.8 Å². The van der Waals surface area contributed by atoms with Crippen LogP contribution in [0.4, 0.5) is 0 Å². The molecule has 2 bridgehead atoms. The lowest BCUT2D eigenvalue weighted by Crippen LogP contribution is -2.41. The second kappa shape index (κ2) is 4.76. The van der Waals surface area contributed by atoms with Gasteiger partial charge in [-0.15, -0.1) is 23.2 Å². The molecule has 0 amide bonds. The number of halogens is 2. The van der Waals surface area contributed by atoms with Gasteiger partial charge in [0.15, 0.2) is 0 Å². The van der Waals surface area contributed by atoms with Crippen LogP contribution in [0.25, 0.3) is 0 Å². The van der Waals surface area contributed by atoms with Crippen molar-refractivity contribution in [3.8, 4) is 0 Å². The Balaban J connectivity index is 1.79. The van der Waals surface area contributed by atoms with Crippen molar-refractivity contribution in [1.82, 2.24) is 0 Å². The van der Waals surface area contributed by atoms with E-state index in [9.17, 15) is 0 Å². The third-order valence-corrected chi connectivity index (χ3v) is 7.00. The van der Waals surface area contributed by atoms with Crippen LogP contribution < -0.4 is 0 Å². The summed E-state index contributed by atoms with van der Waals surface area (Å²) in [6.45, 7) is 0. The Bertz CT molecular complexity index is 700. The maximum Gasteiger partial charge on any atom is 0.0618 e. The maximum absolute atomic E-state index is 6.77. The van der Waals surface area contributed by atoms with Gasteiger partial charge in [0.2, 0.25) is 0 Å². The molecular weight excluding hydrogens is 311 g/mol. The topological polar surface area (TPSA) is 0 Å². The first-order valence-electron chi connectivity index (χ1n) is 8.28. The number of aryl methyl sites for hydroxylation is 2. The van der Waals surface area contributed by atoms with Gasteiger partial charge in [-0.05, 0) is 59.1 Å². The summed E-state index contributed by atoms with van der Waals surface area (Å²) in [7, 11) is 0. The SMILES string of the molecule is ClC1C2c3ccccc3C(c3cc4c(cc32)CCCC4)C1Cl. The highest BCUT2D eigenvalue weighted by Gasteiger charge is 2.48. The van der Waals surface area contributed by atoms with Crippen LogP contribution in [0.5, 0.6) is 0 Å². The highest BCUT2D eigenvalue weighted by atomic mass is 35.5. The zero-order valence-electron chi connectivity index (χ0n) is 12.4. The van der Waals surface area contributed by atoms with E-state index in [2.05, 4.69) is 36.4 Å². The molecular formula is C20H18Cl2. The number of rotatable bonds is 0. The first kappa shape index (κ1) is 13.5. The second-order valence-corrected chi connectivity index (χ2v) is 7.94. The largest absolute Gasteiger partial charge is 0.120 e. The Morgan fingerprint density at radius 1 is 0.682 bits per heavy atom. The predicted octanol–water partition coefficient (Wildman–Crippen LogP) is 5.37. The molecule has 6 rings (SSSR count). The van der Waals surface area contributed by atoms with Gasteiger partial charge in [0.25, 0.3) is 0 Å². The number of hydrogen-bond donors (Lipinski definition) is 0. The minimum Gasteiger partial charge on any atom is -0.120 e. The third-order valence-electron chi connectivity index (χ3n) is 5.82. The third kappa shape index (κ3) is 1.66. The van der Waals surface area contributed by atoms with Crippen molar-refractivity contribution < 1.29 is 0 Å². The van der Waals surface area contributed by atoms with Gasteiger partial charge in [-0.1, -0.05) is 36.4 Å². The molecule has 0 fully saturated rings. The van der Waals surface area contributed by atoms with Gasteiger partial charge in [-0.3, -0.25) is 0 Å². The van der Waals surface area contributed by atoms with E-state index in [-0.39, 0.29) is 22.6 Å². The van der Waals surface area contributed by atoms with Crippen molar-refractivity contribution >= 4 is 23.2 Å². The van der Waals surface area contributed by atoms with Gasteiger partial charge in [-0.25, -0.2) is 0 Å². The second-order valence-electron chi connectivity index (χ2n) is 6.93. The van der Waals surface area contributed by atoms with E-state index in [0.717, 1.165) is 0 Å². The molecule has 4 aliphatic carbocycles. The molecule has 0 nitrogen and oxygen atoms in total. The molecule has 0 radical (unpaired) electrons. The van der Waals surface area contributed by atoms with Crippen LogP contribution >= 0.6 is 23.2 Å². The smallest absolute Gasteiger partial charge is 0.0618 e. The molecule has 0 aliphatic heterocycles. The molecule has 22 heavy (non-hydrogen) atoms. The predicted molar refractivity (Wildman–Crippen MR) is 92.5 cm³/mol. The number of hydrogen-bond acceptors (Lipinski definition) is 0. The van der Waals surface area contributed by atoms with Gasteiger partial charge in [0.1, 0.15) is 0 Å². The molecule has 4 aliphatic rings. The summed E-state index contributed by atoms with van der Waals surface area (Å²) in [5, 5.41) is -0.00795. The molecule has 2 heteroatoms. The molecule has 4 atom stereocenters. The Morgan fingerprint density at radius 3 is 1.59 bits per heavy atom. The van der Waals surface area contributed by atoms with Crippen LogP contribution in [0.3, 0.4) is 0 Å². The van der Waals surface area contributed by atoms with Crippen LogP contribution in [-0.2, 0) is 12.8 Å². The van der Waals surface area contributed by atoms with E-state index in [4.69, 9.17) is 23.2 Å².